The Balaban J connectivity index is 1.57. The van der Waals surface area contributed by atoms with Gasteiger partial charge in [-0.1, -0.05) is 61.2 Å². The van der Waals surface area contributed by atoms with Crippen LogP contribution in [-0.2, 0) is 6.54 Å². The van der Waals surface area contributed by atoms with Gasteiger partial charge in [-0.05, 0) is 48.9 Å². The zero-order valence-corrected chi connectivity index (χ0v) is 12.9. The molecule has 2 aromatic carbocycles. The van der Waals surface area contributed by atoms with Crippen molar-refractivity contribution in [2.75, 3.05) is 5.32 Å². The largest absolute Gasteiger partial charge is 0.381 e. The summed E-state index contributed by atoms with van der Waals surface area (Å²) in [5.74, 6) is 0.804. The first-order valence-corrected chi connectivity index (χ1v) is 8.21. The highest BCUT2D eigenvalue weighted by Crippen LogP contribution is 2.32. The highest BCUT2D eigenvalue weighted by molar-refractivity contribution is 5.45. The van der Waals surface area contributed by atoms with Crippen LogP contribution in [0.15, 0.2) is 48.5 Å². The fourth-order valence-electron chi connectivity index (χ4n) is 3.22. The van der Waals surface area contributed by atoms with Gasteiger partial charge < -0.3 is 5.32 Å². The lowest BCUT2D eigenvalue weighted by atomic mass is 9.84. The number of nitrogens with one attached hydrogen (secondary N) is 1. The van der Waals surface area contributed by atoms with Crippen molar-refractivity contribution >= 4 is 5.69 Å². The summed E-state index contributed by atoms with van der Waals surface area (Å²) in [5, 5.41) is 3.49. The Bertz CT molecular complexity index is 547. The molecule has 0 aromatic heterocycles. The van der Waals surface area contributed by atoms with E-state index in [1.807, 2.05) is 0 Å². The van der Waals surface area contributed by atoms with Crippen LogP contribution in [0.3, 0.4) is 0 Å². The van der Waals surface area contributed by atoms with E-state index >= 15 is 0 Å². The Morgan fingerprint density at radius 3 is 2.19 bits per heavy atom. The molecule has 0 bridgehead atoms. The second-order valence-corrected chi connectivity index (χ2v) is 6.30. The highest BCUT2D eigenvalue weighted by Gasteiger charge is 2.14. The third-order valence-corrected chi connectivity index (χ3v) is 4.60. The van der Waals surface area contributed by atoms with Crippen molar-refractivity contribution in [2.45, 2.75) is 51.5 Å². The van der Waals surface area contributed by atoms with Crippen molar-refractivity contribution in [2.24, 2.45) is 0 Å². The van der Waals surface area contributed by atoms with Crippen LogP contribution in [0.5, 0.6) is 0 Å². The van der Waals surface area contributed by atoms with Crippen molar-refractivity contribution in [3.63, 3.8) is 0 Å². The number of benzene rings is 2. The molecule has 1 heteroatoms. The van der Waals surface area contributed by atoms with Crippen molar-refractivity contribution < 1.29 is 0 Å². The average molecular weight is 279 g/mol. The molecular formula is C20H25N. The third kappa shape index (κ3) is 3.87. The van der Waals surface area contributed by atoms with Crippen LogP contribution >= 0.6 is 0 Å². The summed E-state index contributed by atoms with van der Waals surface area (Å²) >= 11 is 0. The number of anilines is 1. The van der Waals surface area contributed by atoms with Crippen molar-refractivity contribution in [3.05, 3.63) is 65.2 Å². The predicted molar refractivity (Wildman–Crippen MR) is 90.8 cm³/mol. The molecule has 110 valence electrons. The topological polar surface area (TPSA) is 12.0 Å². The normalized spacial score (nSPS) is 15.9. The lowest BCUT2D eigenvalue weighted by Crippen LogP contribution is -2.05. The van der Waals surface area contributed by atoms with Crippen LogP contribution in [0.4, 0.5) is 5.69 Å². The van der Waals surface area contributed by atoms with Crippen LogP contribution in [0.1, 0.15) is 54.7 Å². The molecule has 1 aliphatic carbocycles. The molecule has 1 fully saturated rings. The van der Waals surface area contributed by atoms with Gasteiger partial charge in [-0.25, -0.2) is 0 Å². The Labute approximate surface area is 128 Å². The van der Waals surface area contributed by atoms with Gasteiger partial charge in [-0.15, -0.1) is 0 Å². The van der Waals surface area contributed by atoms with E-state index in [0.717, 1.165) is 12.5 Å². The second-order valence-electron chi connectivity index (χ2n) is 6.30. The molecular weight excluding hydrogens is 254 g/mol. The Morgan fingerprint density at radius 2 is 1.52 bits per heavy atom. The van der Waals surface area contributed by atoms with E-state index in [4.69, 9.17) is 0 Å². The second kappa shape index (κ2) is 6.80. The molecule has 0 saturated heterocycles. The fourth-order valence-corrected chi connectivity index (χ4v) is 3.22. The molecule has 0 atom stereocenters. The molecule has 21 heavy (non-hydrogen) atoms. The predicted octanol–water partition coefficient (Wildman–Crippen LogP) is 5.65. The summed E-state index contributed by atoms with van der Waals surface area (Å²) in [6.45, 7) is 3.02. The minimum absolute atomic E-state index is 0.804. The van der Waals surface area contributed by atoms with Gasteiger partial charge in [0.1, 0.15) is 0 Å². The lowest BCUT2D eigenvalue weighted by Gasteiger charge is -2.22. The van der Waals surface area contributed by atoms with Gasteiger partial charge in [0.2, 0.25) is 0 Å². The van der Waals surface area contributed by atoms with Gasteiger partial charge in [0.25, 0.3) is 0 Å². The molecule has 0 unspecified atom stereocenters. The van der Waals surface area contributed by atoms with E-state index in [1.54, 1.807) is 0 Å². The first-order chi connectivity index (χ1) is 10.3. The van der Waals surface area contributed by atoms with E-state index < -0.39 is 0 Å². The van der Waals surface area contributed by atoms with Crippen molar-refractivity contribution in [1.29, 1.82) is 0 Å². The Morgan fingerprint density at radius 1 is 0.857 bits per heavy atom. The molecule has 0 aliphatic heterocycles. The fraction of sp³-hybridized carbons (Fsp3) is 0.400. The molecule has 0 spiro atoms. The summed E-state index contributed by atoms with van der Waals surface area (Å²) < 4.78 is 0. The molecule has 0 radical (unpaired) electrons. The zero-order chi connectivity index (χ0) is 14.5. The van der Waals surface area contributed by atoms with Crippen LogP contribution in [0.25, 0.3) is 0 Å². The van der Waals surface area contributed by atoms with Crippen LogP contribution in [0, 0.1) is 6.92 Å². The summed E-state index contributed by atoms with van der Waals surface area (Å²) in [5.41, 5.74) is 5.39. The maximum Gasteiger partial charge on any atom is 0.0400 e. The molecule has 3 rings (SSSR count). The van der Waals surface area contributed by atoms with Crippen LogP contribution in [-0.4, -0.2) is 0 Å². The molecule has 0 heterocycles. The van der Waals surface area contributed by atoms with E-state index in [1.165, 1.54) is 54.5 Å². The minimum atomic E-state index is 0.804. The average Bonchev–Trinajstić information content (AvgIpc) is 2.56. The summed E-state index contributed by atoms with van der Waals surface area (Å²) in [6, 6.07) is 17.8. The van der Waals surface area contributed by atoms with Crippen molar-refractivity contribution in [1.82, 2.24) is 0 Å². The van der Waals surface area contributed by atoms with E-state index in [2.05, 4.69) is 60.8 Å². The highest BCUT2D eigenvalue weighted by atomic mass is 14.9. The third-order valence-electron chi connectivity index (χ3n) is 4.60. The quantitative estimate of drug-likeness (QED) is 0.762. The van der Waals surface area contributed by atoms with E-state index in [9.17, 15) is 0 Å². The van der Waals surface area contributed by atoms with E-state index in [0.29, 0.717) is 0 Å². The van der Waals surface area contributed by atoms with Gasteiger partial charge in [0.05, 0.1) is 0 Å². The Hall–Kier alpha value is -1.76. The number of aryl methyl sites for hydroxylation is 1. The first kappa shape index (κ1) is 14.2. The molecule has 1 nitrogen and oxygen atoms in total. The SMILES string of the molecule is Cc1ccc(NCc2ccc(C3CCCCC3)cc2)cc1. The standard InChI is InChI=1S/C20H25N/c1-16-7-13-20(14-8-16)21-15-17-9-11-19(12-10-17)18-5-3-2-4-6-18/h7-14,18,21H,2-6,15H2,1H3. The molecule has 0 amide bonds. The summed E-state index contributed by atoms with van der Waals surface area (Å²) in [4.78, 5) is 0. The molecule has 1 aliphatic rings. The zero-order valence-electron chi connectivity index (χ0n) is 12.9. The van der Waals surface area contributed by atoms with Crippen LogP contribution in [0.2, 0.25) is 0 Å². The van der Waals surface area contributed by atoms with E-state index in [-0.39, 0.29) is 0 Å². The summed E-state index contributed by atoms with van der Waals surface area (Å²) in [7, 11) is 0. The molecule has 1 N–H and O–H groups in total. The van der Waals surface area contributed by atoms with Crippen molar-refractivity contribution in [3.8, 4) is 0 Å². The van der Waals surface area contributed by atoms with Gasteiger partial charge in [0, 0.05) is 12.2 Å². The van der Waals surface area contributed by atoms with Gasteiger partial charge in [0.15, 0.2) is 0 Å². The molecule has 2 aromatic rings. The Kier molecular flexibility index (Phi) is 4.59. The first-order valence-electron chi connectivity index (χ1n) is 8.21. The number of hydrogen-bond acceptors (Lipinski definition) is 1. The minimum Gasteiger partial charge on any atom is -0.381 e. The maximum atomic E-state index is 3.49. The van der Waals surface area contributed by atoms with Gasteiger partial charge in [-0.2, -0.15) is 0 Å². The number of rotatable bonds is 4. The van der Waals surface area contributed by atoms with Gasteiger partial charge >= 0.3 is 0 Å². The summed E-state index contributed by atoms with van der Waals surface area (Å²) in [6.07, 6.45) is 6.99. The van der Waals surface area contributed by atoms with Gasteiger partial charge in [-0.3, -0.25) is 0 Å². The smallest absolute Gasteiger partial charge is 0.0400 e. The lowest BCUT2D eigenvalue weighted by molar-refractivity contribution is 0.443. The number of hydrogen-bond donors (Lipinski definition) is 1. The molecule has 1 saturated carbocycles. The monoisotopic (exact) mass is 279 g/mol. The maximum absolute atomic E-state index is 3.49. The van der Waals surface area contributed by atoms with Crippen LogP contribution < -0.4 is 5.32 Å².